The monoisotopic (exact) mass is 390 g/mol. The number of primary amides is 1. The van der Waals surface area contributed by atoms with Crippen LogP contribution in [0.1, 0.15) is 34.6 Å². The molecule has 7 nitrogen and oxygen atoms in total. The van der Waals surface area contributed by atoms with Gasteiger partial charge in [-0.1, -0.05) is 29.8 Å². The molecule has 1 unspecified atom stereocenters. The molecule has 3 aromatic rings. The first-order chi connectivity index (χ1) is 13.9. The SMILES string of the molecule is Cc1ccc(-n2ncc3c2NC(=O)CC3c2ccc(OCC(N)=O)cc2)c(C)c1. The second kappa shape index (κ2) is 7.43. The molecule has 3 N–H and O–H groups in total. The molecule has 0 radical (unpaired) electrons. The average Bonchev–Trinajstić information content (AvgIpc) is 3.09. The molecule has 29 heavy (non-hydrogen) atoms. The summed E-state index contributed by atoms with van der Waals surface area (Å²) in [7, 11) is 0. The van der Waals surface area contributed by atoms with Gasteiger partial charge in [-0.05, 0) is 43.2 Å². The summed E-state index contributed by atoms with van der Waals surface area (Å²) >= 11 is 0. The number of aryl methyl sites for hydroxylation is 2. The van der Waals surface area contributed by atoms with Crippen LogP contribution in [0.4, 0.5) is 5.82 Å². The van der Waals surface area contributed by atoms with Crippen LogP contribution in [0, 0.1) is 13.8 Å². The highest BCUT2D eigenvalue weighted by Crippen LogP contribution is 2.38. The molecule has 1 aliphatic rings. The lowest BCUT2D eigenvalue weighted by atomic mass is 9.87. The molecular weight excluding hydrogens is 368 g/mol. The van der Waals surface area contributed by atoms with Gasteiger partial charge in [0.25, 0.3) is 5.91 Å². The summed E-state index contributed by atoms with van der Waals surface area (Å²) in [6, 6.07) is 13.5. The summed E-state index contributed by atoms with van der Waals surface area (Å²) in [5.41, 5.74) is 10.3. The number of hydrogen-bond acceptors (Lipinski definition) is 4. The molecule has 0 aliphatic carbocycles. The van der Waals surface area contributed by atoms with E-state index in [4.69, 9.17) is 10.5 Å². The normalized spacial score (nSPS) is 15.5. The van der Waals surface area contributed by atoms with Crippen molar-refractivity contribution in [1.29, 1.82) is 0 Å². The summed E-state index contributed by atoms with van der Waals surface area (Å²) in [5, 5.41) is 7.54. The number of benzene rings is 2. The lowest BCUT2D eigenvalue weighted by molar-refractivity contribution is -0.120. The molecule has 2 heterocycles. The van der Waals surface area contributed by atoms with E-state index in [0.29, 0.717) is 18.0 Å². The fourth-order valence-corrected chi connectivity index (χ4v) is 3.69. The van der Waals surface area contributed by atoms with Crippen molar-refractivity contribution >= 4 is 17.6 Å². The number of carbonyl (C=O) groups excluding carboxylic acids is 2. The van der Waals surface area contributed by atoms with Crippen molar-refractivity contribution in [2.24, 2.45) is 5.73 Å². The maximum Gasteiger partial charge on any atom is 0.255 e. The van der Waals surface area contributed by atoms with Gasteiger partial charge >= 0.3 is 0 Å². The molecule has 2 aromatic carbocycles. The number of nitrogens with zero attached hydrogens (tertiary/aromatic N) is 2. The summed E-state index contributed by atoms with van der Waals surface area (Å²) in [6.07, 6.45) is 2.16. The number of amides is 2. The maximum absolute atomic E-state index is 12.4. The highest BCUT2D eigenvalue weighted by atomic mass is 16.5. The zero-order valence-electron chi connectivity index (χ0n) is 16.3. The average molecular weight is 390 g/mol. The lowest BCUT2D eigenvalue weighted by Crippen LogP contribution is -2.24. The Morgan fingerprint density at radius 3 is 2.69 bits per heavy atom. The van der Waals surface area contributed by atoms with Gasteiger partial charge in [0.05, 0.1) is 11.9 Å². The molecule has 1 aromatic heterocycles. The van der Waals surface area contributed by atoms with E-state index in [2.05, 4.69) is 16.5 Å². The Kier molecular flexibility index (Phi) is 4.80. The van der Waals surface area contributed by atoms with Gasteiger partial charge in [0, 0.05) is 17.9 Å². The number of aromatic nitrogens is 2. The summed E-state index contributed by atoms with van der Waals surface area (Å²) in [6.45, 7) is 3.91. The second-order valence-electron chi connectivity index (χ2n) is 7.28. The zero-order chi connectivity index (χ0) is 20.5. The topological polar surface area (TPSA) is 99.2 Å². The van der Waals surface area contributed by atoms with Crippen molar-refractivity contribution in [1.82, 2.24) is 9.78 Å². The molecule has 0 saturated heterocycles. The Balaban J connectivity index is 1.68. The maximum atomic E-state index is 12.4. The second-order valence-corrected chi connectivity index (χ2v) is 7.28. The molecule has 4 rings (SSSR count). The third-order valence-electron chi connectivity index (χ3n) is 5.06. The van der Waals surface area contributed by atoms with Crippen LogP contribution in [-0.4, -0.2) is 28.2 Å². The van der Waals surface area contributed by atoms with E-state index in [-0.39, 0.29) is 18.4 Å². The van der Waals surface area contributed by atoms with Gasteiger partial charge in [-0.3, -0.25) is 9.59 Å². The molecule has 1 atom stereocenters. The van der Waals surface area contributed by atoms with E-state index in [9.17, 15) is 9.59 Å². The van der Waals surface area contributed by atoms with Gasteiger partial charge in [-0.25, -0.2) is 4.68 Å². The Morgan fingerprint density at radius 1 is 1.24 bits per heavy atom. The van der Waals surface area contributed by atoms with Crippen molar-refractivity contribution in [2.75, 3.05) is 11.9 Å². The van der Waals surface area contributed by atoms with E-state index >= 15 is 0 Å². The number of anilines is 1. The van der Waals surface area contributed by atoms with E-state index < -0.39 is 5.91 Å². The van der Waals surface area contributed by atoms with E-state index in [0.717, 1.165) is 22.4 Å². The molecule has 1 aliphatic heterocycles. The van der Waals surface area contributed by atoms with Crippen LogP contribution in [0.15, 0.2) is 48.7 Å². The minimum atomic E-state index is -0.526. The van der Waals surface area contributed by atoms with Crippen molar-refractivity contribution in [2.45, 2.75) is 26.2 Å². The van der Waals surface area contributed by atoms with Crippen LogP contribution in [0.2, 0.25) is 0 Å². The van der Waals surface area contributed by atoms with Crippen LogP contribution in [-0.2, 0) is 9.59 Å². The Bertz CT molecular complexity index is 1090. The van der Waals surface area contributed by atoms with Gasteiger partial charge in [0.15, 0.2) is 6.61 Å². The molecule has 0 bridgehead atoms. The number of hydrogen-bond donors (Lipinski definition) is 2. The molecule has 2 amide bonds. The minimum Gasteiger partial charge on any atom is -0.484 e. The third kappa shape index (κ3) is 3.71. The summed E-state index contributed by atoms with van der Waals surface area (Å²) in [4.78, 5) is 23.3. The lowest BCUT2D eigenvalue weighted by Gasteiger charge is -2.24. The number of carbonyl (C=O) groups is 2. The van der Waals surface area contributed by atoms with Crippen molar-refractivity contribution in [3.63, 3.8) is 0 Å². The van der Waals surface area contributed by atoms with Crippen molar-refractivity contribution in [3.05, 3.63) is 70.9 Å². The molecule has 0 spiro atoms. The van der Waals surface area contributed by atoms with Crippen LogP contribution >= 0.6 is 0 Å². The van der Waals surface area contributed by atoms with E-state index in [1.54, 1.807) is 16.8 Å². The predicted molar refractivity (Wildman–Crippen MR) is 109 cm³/mol. The fourth-order valence-electron chi connectivity index (χ4n) is 3.69. The van der Waals surface area contributed by atoms with Crippen LogP contribution in [0.3, 0.4) is 0 Å². The van der Waals surface area contributed by atoms with Gasteiger partial charge in [0.1, 0.15) is 11.6 Å². The standard InChI is InChI=1S/C22H22N4O3/c1-13-3-8-19(14(2)9-13)26-22-18(11-24-26)17(10-21(28)25-22)15-4-6-16(7-5-15)29-12-20(23)27/h3-9,11,17H,10,12H2,1-2H3,(H2,23,27)(H,25,28). The van der Waals surface area contributed by atoms with E-state index in [1.807, 2.05) is 44.3 Å². The molecular formula is C22H22N4O3. The number of nitrogens with one attached hydrogen (secondary N) is 1. The summed E-state index contributed by atoms with van der Waals surface area (Å²) < 4.78 is 7.10. The van der Waals surface area contributed by atoms with Crippen molar-refractivity contribution < 1.29 is 14.3 Å². The first kappa shape index (κ1) is 18.7. The van der Waals surface area contributed by atoms with Gasteiger partial charge in [-0.2, -0.15) is 5.10 Å². The van der Waals surface area contributed by atoms with Crippen LogP contribution in [0.25, 0.3) is 5.69 Å². The number of nitrogens with two attached hydrogens (primary N) is 1. The zero-order valence-corrected chi connectivity index (χ0v) is 16.3. The molecule has 0 fully saturated rings. The fraction of sp³-hybridized carbons (Fsp3) is 0.227. The Morgan fingerprint density at radius 2 is 2.00 bits per heavy atom. The van der Waals surface area contributed by atoms with Gasteiger partial charge in [-0.15, -0.1) is 0 Å². The number of rotatable bonds is 5. The first-order valence-electron chi connectivity index (χ1n) is 9.39. The Hall–Kier alpha value is -3.61. The van der Waals surface area contributed by atoms with E-state index in [1.165, 1.54) is 5.56 Å². The van der Waals surface area contributed by atoms with Crippen LogP contribution in [0.5, 0.6) is 5.75 Å². The quantitative estimate of drug-likeness (QED) is 0.700. The largest absolute Gasteiger partial charge is 0.484 e. The third-order valence-corrected chi connectivity index (χ3v) is 5.06. The molecule has 0 saturated carbocycles. The predicted octanol–water partition coefficient (Wildman–Crippen LogP) is 2.83. The highest BCUT2D eigenvalue weighted by Gasteiger charge is 2.30. The smallest absolute Gasteiger partial charge is 0.255 e. The number of fused-ring (bicyclic) bond motifs is 1. The summed E-state index contributed by atoms with van der Waals surface area (Å²) in [5.74, 6) is 0.569. The first-order valence-corrected chi connectivity index (χ1v) is 9.39. The molecule has 7 heteroatoms. The van der Waals surface area contributed by atoms with Gasteiger partial charge < -0.3 is 15.8 Å². The van der Waals surface area contributed by atoms with Crippen LogP contribution < -0.4 is 15.8 Å². The minimum absolute atomic E-state index is 0.0527. The Labute approximate surface area is 168 Å². The van der Waals surface area contributed by atoms with Crippen molar-refractivity contribution in [3.8, 4) is 11.4 Å². The number of ether oxygens (including phenoxy) is 1. The van der Waals surface area contributed by atoms with Gasteiger partial charge in [0.2, 0.25) is 5.91 Å². The highest BCUT2D eigenvalue weighted by molar-refractivity contribution is 5.94. The molecule has 148 valence electrons.